The van der Waals surface area contributed by atoms with Crippen molar-refractivity contribution < 1.29 is 9.53 Å². The monoisotopic (exact) mass is 453 g/mol. The fourth-order valence-electron chi connectivity index (χ4n) is 3.85. The van der Waals surface area contributed by atoms with Crippen LogP contribution in [0.15, 0.2) is 69.3 Å². The summed E-state index contributed by atoms with van der Waals surface area (Å²) in [7, 11) is 1.63. The highest BCUT2D eigenvalue weighted by molar-refractivity contribution is 9.10. The van der Waals surface area contributed by atoms with Crippen molar-refractivity contribution in [2.24, 2.45) is 4.99 Å². The molecule has 0 aliphatic carbocycles. The molecular formula is C23H24BrN3O2. The number of benzene rings is 2. The van der Waals surface area contributed by atoms with Gasteiger partial charge in [0, 0.05) is 28.0 Å². The van der Waals surface area contributed by atoms with E-state index in [-0.39, 0.29) is 17.5 Å². The van der Waals surface area contributed by atoms with Crippen molar-refractivity contribution >= 4 is 33.2 Å². The molecule has 1 atom stereocenters. The molecule has 4 rings (SSSR count). The van der Waals surface area contributed by atoms with Gasteiger partial charge in [-0.15, -0.1) is 0 Å². The Morgan fingerprint density at radius 1 is 1.14 bits per heavy atom. The molecule has 2 aromatic carbocycles. The van der Waals surface area contributed by atoms with Crippen LogP contribution in [0.3, 0.4) is 0 Å². The number of anilines is 1. The van der Waals surface area contributed by atoms with E-state index in [9.17, 15) is 4.79 Å². The number of hydrogen-bond acceptors (Lipinski definition) is 4. The second kappa shape index (κ2) is 7.34. The first-order valence-corrected chi connectivity index (χ1v) is 10.4. The normalized spacial score (nSPS) is 20.7. The van der Waals surface area contributed by atoms with E-state index < -0.39 is 0 Å². The van der Waals surface area contributed by atoms with Crippen molar-refractivity contribution in [2.45, 2.75) is 32.4 Å². The number of fused-ring (bicyclic) bond motifs is 1. The molecule has 2 heterocycles. The van der Waals surface area contributed by atoms with E-state index in [1.54, 1.807) is 7.11 Å². The van der Waals surface area contributed by atoms with E-state index in [0.717, 1.165) is 32.7 Å². The molecule has 0 bridgehead atoms. The van der Waals surface area contributed by atoms with Crippen LogP contribution in [0.4, 0.5) is 5.69 Å². The number of rotatable bonds is 3. The molecule has 2 aliphatic heterocycles. The molecule has 1 N–H and O–H groups in total. The first-order chi connectivity index (χ1) is 13.8. The topological polar surface area (TPSA) is 53.9 Å². The van der Waals surface area contributed by atoms with E-state index in [1.807, 2.05) is 62.1 Å². The molecule has 150 valence electrons. The lowest BCUT2D eigenvalue weighted by atomic mass is 9.96. The predicted molar refractivity (Wildman–Crippen MR) is 120 cm³/mol. The lowest BCUT2D eigenvalue weighted by Crippen LogP contribution is -2.34. The Kier molecular flexibility index (Phi) is 4.99. The van der Waals surface area contributed by atoms with Gasteiger partial charge in [-0.1, -0.05) is 28.1 Å². The molecule has 5 nitrogen and oxygen atoms in total. The minimum Gasteiger partial charge on any atom is -0.497 e. The molecule has 1 saturated heterocycles. The number of methoxy groups -OCH3 is 1. The van der Waals surface area contributed by atoms with Crippen molar-refractivity contribution in [1.82, 2.24) is 5.32 Å². The van der Waals surface area contributed by atoms with Gasteiger partial charge in [0.05, 0.1) is 18.7 Å². The van der Waals surface area contributed by atoms with Gasteiger partial charge in [0.25, 0.3) is 5.91 Å². The SMILES string of the molecule is COc1ccc(N2C(=O)C3=NC(C)(C)CNC(C)=C3C2c2ccc(Br)cc2)cc1. The molecule has 29 heavy (non-hydrogen) atoms. The fourth-order valence-corrected chi connectivity index (χ4v) is 4.12. The first-order valence-electron chi connectivity index (χ1n) is 9.59. The minimum atomic E-state index is -0.367. The largest absolute Gasteiger partial charge is 0.497 e. The number of ether oxygens (including phenoxy) is 1. The standard InChI is InChI=1S/C23H24BrN3O2/c1-14-19-20(26-23(2,3)13-25-14)22(28)27(17-9-11-18(29-4)12-10-17)21(19)15-5-7-16(24)8-6-15/h5-12,21,25H,13H2,1-4H3. The summed E-state index contributed by atoms with van der Waals surface area (Å²) in [6, 6.07) is 15.5. The van der Waals surface area contributed by atoms with Crippen LogP contribution in [0.25, 0.3) is 0 Å². The quantitative estimate of drug-likeness (QED) is 0.735. The maximum absolute atomic E-state index is 13.6. The smallest absolute Gasteiger partial charge is 0.277 e. The van der Waals surface area contributed by atoms with Gasteiger partial charge in [-0.2, -0.15) is 0 Å². The number of hydrogen-bond donors (Lipinski definition) is 1. The third kappa shape index (κ3) is 3.57. The van der Waals surface area contributed by atoms with Crippen molar-refractivity contribution in [3.63, 3.8) is 0 Å². The second-order valence-electron chi connectivity index (χ2n) is 7.99. The number of nitrogens with one attached hydrogen (secondary N) is 1. The molecule has 6 heteroatoms. The van der Waals surface area contributed by atoms with Gasteiger partial charge in [0.1, 0.15) is 11.5 Å². The number of allylic oxidation sites excluding steroid dienone is 1. The Bertz CT molecular complexity index is 1010. The lowest BCUT2D eigenvalue weighted by Gasteiger charge is -2.27. The summed E-state index contributed by atoms with van der Waals surface area (Å²) in [4.78, 5) is 20.3. The molecule has 0 saturated carbocycles. The fraction of sp³-hybridized carbons (Fsp3) is 0.304. The van der Waals surface area contributed by atoms with Gasteiger partial charge >= 0.3 is 0 Å². The van der Waals surface area contributed by atoms with Crippen LogP contribution in [0.2, 0.25) is 0 Å². The molecule has 0 radical (unpaired) electrons. The molecular weight excluding hydrogens is 430 g/mol. The molecule has 0 spiro atoms. The lowest BCUT2D eigenvalue weighted by molar-refractivity contribution is -0.112. The maximum atomic E-state index is 13.6. The minimum absolute atomic E-state index is 0.0748. The Hall–Kier alpha value is -2.60. The number of carbonyl (C=O) groups excluding carboxylic acids is 1. The van der Waals surface area contributed by atoms with Crippen molar-refractivity contribution in [2.75, 3.05) is 18.6 Å². The van der Waals surface area contributed by atoms with Crippen molar-refractivity contribution in [3.05, 3.63) is 69.8 Å². The van der Waals surface area contributed by atoms with Crippen LogP contribution in [-0.2, 0) is 4.79 Å². The Balaban J connectivity index is 1.92. The van der Waals surface area contributed by atoms with Crippen molar-refractivity contribution in [3.8, 4) is 5.75 Å². The summed E-state index contributed by atoms with van der Waals surface area (Å²) in [5, 5.41) is 3.49. The summed E-state index contributed by atoms with van der Waals surface area (Å²) in [5.41, 5.74) is 3.97. The number of nitrogens with zero attached hydrogens (tertiary/aromatic N) is 2. The van der Waals surface area contributed by atoms with Crippen LogP contribution < -0.4 is 15.0 Å². The van der Waals surface area contributed by atoms with Crippen LogP contribution in [-0.4, -0.2) is 30.8 Å². The van der Waals surface area contributed by atoms with E-state index >= 15 is 0 Å². The summed E-state index contributed by atoms with van der Waals surface area (Å²) < 4.78 is 6.29. The van der Waals surface area contributed by atoms with E-state index in [0.29, 0.717) is 12.3 Å². The van der Waals surface area contributed by atoms with E-state index in [1.165, 1.54) is 0 Å². The van der Waals surface area contributed by atoms with Crippen molar-refractivity contribution in [1.29, 1.82) is 0 Å². The van der Waals surface area contributed by atoms with Gasteiger partial charge in [0.15, 0.2) is 0 Å². The number of amides is 1. The van der Waals surface area contributed by atoms with Gasteiger partial charge in [-0.05, 0) is 62.7 Å². The molecule has 2 aliphatic rings. The van der Waals surface area contributed by atoms with Gasteiger partial charge < -0.3 is 10.1 Å². The summed E-state index contributed by atoms with van der Waals surface area (Å²) in [5.74, 6) is 0.680. The maximum Gasteiger partial charge on any atom is 0.277 e. The Morgan fingerprint density at radius 2 is 1.79 bits per heavy atom. The third-order valence-corrected chi connectivity index (χ3v) is 5.88. The number of halogens is 1. The average molecular weight is 454 g/mol. The van der Waals surface area contributed by atoms with Gasteiger partial charge in [-0.3, -0.25) is 14.7 Å². The zero-order valence-corrected chi connectivity index (χ0v) is 18.6. The summed E-state index contributed by atoms with van der Waals surface area (Å²) in [6.45, 7) is 6.81. The molecule has 0 aromatic heterocycles. The summed E-state index contributed by atoms with van der Waals surface area (Å²) in [6.07, 6.45) is 0. The first kappa shape index (κ1) is 19.7. The molecule has 1 amide bonds. The highest BCUT2D eigenvalue weighted by Crippen LogP contribution is 2.42. The zero-order valence-electron chi connectivity index (χ0n) is 17.0. The average Bonchev–Trinajstić information content (AvgIpc) is 2.91. The van der Waals surface area contributed by atoms with Crippen LogP contribution in [0.1, 0.15) is 32.4 Å². The zero-order chi connectivity index (χ0) is 20.8. The van der Waals surface area contributed by atoms with Gasteiger partial charge in [-0.25, -0.2) is 0 Å². The Labute approximate surface area is 179 Å². The van der Waals surface area contributed by atoms with E-state index in [4.69, 9.17) is 9.73 Å². The molecule has 1 unspecified atom stereocenters. The molecule has 2 aromatic rings. The van der Waals surface area contributed by atoms with E-state index in [2.05, 4.69) is 33.4 Å². The summed E-state index contributed by atoms with van der Waals surface area (Å²) >= 11 is 3.51. The highest BCUT2D eigenvalue weighted by atomic mass is 79.9. The van der Waals surface area contributed by atoms with Crippen LogP contribution in [0, 0.1) is 0 Å². The number of aliphatic imine (C=N–C) groups is 1. The highest BCUT2D eigenvalue weighted by Gasteiger charge is 2.46. The second-order valence-corrected chi connectivity index (χ2v) is 8.91. The van der Waals surface area contributed by atoms with Gasteiger partial charge in [0.2, 0.25) is 0 Å². The number of carbonyl (C=O) groups is 1. The Morgan fingerprint density at radius 3 is 2.41 bits per heavy atom. The molecule has 1 fully saturated rings. The van der Waals surface area contributed by atoms with Crippen LogP contribution in [0.5, 0.6) is 5.75 Å². The van der Waals surface area contributed by atoms with Crippen LogP contribution >= 0.6 is 15.9 Å². The third-order valence-electron chi connectivity index (χ3n) is 5.35. The predicted octanol–water partition coefficient (Wildman–Crippen LogP) is 4.64.